The van der Waals surface area contributed by atoms with E-state index in [1.54, 1.807) is 17.4 Å². The van der Waals surface area contributed by atoms with Crippen LogP contribution in [0, 0.1) is 0 Å². The molecule has 0 spiro atoms. The van der Waals surface area contributed by atoms with Crippen LogP contribution in [0.1, 0.15) is 0 Å². The molecule has 0 saturated carbocycles. The first kappa shape index (κ1) is 7.71. The van der Waals surface area contributed by atoms with E-state index in [9.17, 15) is 0 Å². The normalized spacial score (nSPS) is 10.1. The molecule has 2 aromatic rings. The number of hydrogen-bond acceptors (Lipinski definition) is 3. The molecule has 0 aromatic carbocycles. The van der Waals surface area contributed by atoms with Gasteiger partial charge in [-0.15, -0.1) is 10.2 Å². The zero-order valence-electron chi connectivity index (χ0n) is 6.07. The molecular weight excluding hydrogens is 192 g/mol. The molecule has 2 nitrogen and oxygen atoms in total. The van der Waals surface area contributed by atoms with Gasteiger partial charge in [-0.3, -0.25) is 0 Å². The molecule has 0 atom stereocenters. The van der Waals surface area contributed by atoms with Crippen molar-refractivity contribution >= 4 is 22.9 Å². The number of nitrogens with zero attached hydrogens (tertiary/aromatic N) is 2. The second-order valence-electron chi connectivity index (χ2n) is 2.25. The standard InChI is InChI=1S/C8H5ClN2S/c9-8-2-1-7(10-11-8)6-3-4-12-5-6/h1-5H. The van der Waals surface area contributed by atoms with Crippen molar-refractivity contribution in [2.75, 3.05) is 0 Å². The van der Waals surface area contributed by atoms with Gasteiger partial charge in [0, 0.05) is 10.9 Å². The summed E-state index contributed by atoms with van der Waals surface area (Å²) in [5.74, 6) is 0. The van der Waals surface area contributed by atoms with Gasteiger partial charge in [-0.25, -0.2) is 0 Å². The van der Waals surface area contributed by atoms with Crippen molar-refractivity contribution in [2.24, 2.45) is 0 Å². The molecule has 0 radical (unpaired) electrons. The number of aromatic nitrogens is 2. The van der Waals surface area contributed by atoms with Gasteiger partial charge in [0.1, 0.15) is 0 Å². The number of hydrogen-bond donors (Lipinski definition) is 0. The Balaban J connectivity index is 2.43. The Hall–Kier alpha value is -0.930. The van der Waals surface area contributed by atoms with Gasteiger partial charge < -0.3 is 0 Å². The Labute approximate surface area is 78.8 Å². The molecule has 0 amide bonds. The van der Waals surface area contributed by atoms with E-state index in [-0.39, 0.29) is 0 Å². The van der Waals surface area contributed by atoms with Gasteiger partial charge in [0.2, 0.25) is 0 Å². The molecule has 0 saturated heterocycles. The van der Waals surface area contributed by atoms with Crippen molar-refractivity contribution in [3.05, 3.63) is 34.1 Å². The molecule has 0 aliphatic rings. The van der Waals surface area contributed by atoms with Crippen molar-refractivity contribution in [2.45, 2.75) is 0 Å². The van der Waals surface area contributed by atoms with Gasteiger partial charge in [-0.1, -0.05) is 11.6 Å². The summed E-state index contributed by atoms with van der Waals surface area (Å²) in [5, 5.41) is 12.2. The molecule has 2 rings (SSSR count). The highest BCUT2D eigenvalue weighted by Crippen LogP contribution is 2.19. The lowest BCUT2D eigenvalue weighted by Gasteiger charge is -1.93. The second-order valence-corrected chi connectivity index (χ2v) is 3.42. The van der Waals surface area contributed by atoms with Crippen molar-refractivity contribution in [3.63, 3.8) is 0 Å². The van der Waals surface area contributed by atoms with E-state index in [0.717, 1.165) is 11.3 Å². The molecule has 0 unspecified atom stereocenters. The van der Waals surface area contributed by atoms with Crippen LogP contribution in [0.25, 0.3) is 11.3 Å². The van der Waals surface area contributed by atoms with Gasteiger partial charge in [0.25, 0.3) is 0 Å². The minimum atomic E-state index is 0.425. The van der Waals surface area contributed by atoms with Crippen LogP contribution in [0.3, 0.4) is 0 Å². The summed E-state index contributed by atoms with van der Waals surface area (Å²) in [6.07, 6.45) is 0. The van der Waals surface area contributed by atoms with Crippen LogP contribution in [-0.2, 0) is 0 Å². The Morgan fingerprint density at radius 1 is 1.17 bits per heavy atom. The number of rotatable bonds is 1. The fourth-order valence-corrected chi connectivity index (χ4v) is 1.63. The predicted molar refractivity (Wildman–Crippen MR) is 50.4 cm³/mol. The molecule has 60 valence electrons. The minimum absolute atomic E-state index is 0.425. The molecule has 0 fully saturated rings. The van der Waals surface area contributed by atoms with E-state index in [4.69, 9.17) is 11.6 Å². The summed E-state index contributed by atoms with van der Waals surface area (Å²) in [6, 6.07) is 5.60. The molecule has 0 N–H and O–H groups in total. The number of thiophene rings is 1. The van der Waals surface area contributed by atoms with Crippen LogP contribution < -0.4 is 0 Å². The van der Waals surface area contributed by atoms with Gasteiger partial charge in [-0.2, -0.15) is 11.3 Å². The van der Waals surface area contributed by atoms with Gasteiger partial charge in [-0.05, 0) is 23.6 Å². The third-order valence-corrected chi connectivity index (χ3v) is 2.33. The van der Waals surface area contributed by atoms with Gasteiger partial charge in [0.15, 0.2) is 5.15 Å². The summed E-state index contributed by atoms with van der Waals surface area (Å²) < 4.78 is 0. The van der Waals surface area contributed by atoms with Crippen LogP contribution in [0.15, 0.2) is 29.0 Å². The first-order valence-corrected chi connectivity index (χ1v) is 4.70. The summed E-state index contributed by atoms with van der Waals surface area (Å²) in [7, 11) is 0. The van der Waals surface area contributed by atoms with Crippen LogP contribution in [0.4, 0.5) is 0 Å². The first-order chi connectivity index (χ1) is 5.86. The fraction of sp³-hybridized carbons (Fsp3) is 0. The van der Waals surface area contributed by atoms with Crippen molar-refractivity contribution in [3.8, 4) is 11.3 Å². The van der Waals surface area contributed by atoms with Crippen LogP contribution in [0.2, 0.25) is 5.15 Å². The molecule has 0 aliphatic heterocycles. The van der Waals surface area contributed by atoms with Crippen molar-refractivity contribution < 1.29 is 0 Å². The highest BCUT2D eigenvalue weighted by molar-refractivity contribution is 7.08. The maximum absolute atomic E-state index is 5.60. The van der Waals surface area contributed by atoms with Gasteiger partial charge in [0.05, 0.1) is 5.69 Å². The SMILES string of the molecule is Clc1ccc(-c2ccsc2)nn1. The summed E-state index contributed by atoms with van der Waals surface area (Å²) in [6.45, 7) is 0. The van der Waals surface area contributed by atoms with E-state index in [0.29, 0.717) is 5.15 Å². The first-order valence-electron chi connectivity index (χ1n) is 3.38. The average Bonchev–Trinajstić information content (AvgIpc) is 2.58. The highest BCUT2D eigenvalue weighted by atomic mass is 35.5. The zero-order chi connectivity index (χ0) is 8.39. The highest BCUT2D eigenvalue weighted by Gasteiger charge is 1.98. The number of halogens is 1. The lowest BCUT2D eigenvalue weighted by Crippen LogP contribution is -1.84. The minimum Gasteiger partial charge on any atom is -0.152 e. The maximum atomic E-state index is 5.60. The average molecular weight is 197 g/mol. The predicted octanol–water partition coefficient (Wildman–Crippen LogP) is 2.86. The molecule has 2 heterocycles. The topological polar surface area (TPSA) is 25.8 Å². The van der Waals surface area contributed by atoms with Crippen molar-refractivity contribution in [1.82, 2.24) is 10.2 Å². The Morgan fingerprint density at radius 2 is 2.08 bits per heavy atom. The molecule has 12 heavy (non-hydrogen) atoms. The lowest BCUT2D eigenvalue weighted by molar-refractivity contribution is 1.04. The smallest absolute Gasteiger partial charge is 0.151 e. The Morgan fingerprint density at radius 3 is 2.67 bits per heavy atom. The Bertz CT molecular complexity index is 355. The molecule has 0 aliphatic carbocycles. The summed E-state index contributed by atoms with van der Waals surface area (Å²) >= 11 is 7.24. The van der Waals surface area contributed by atoms with E-state index < -0.39 is 0 Å². The lowest BCUT2D eigenvalue weighted by atomic mass is 10.2. The molecular formula is C8H5ClN2S. The van der Waals surface area contributed by atoms with Crippen molar-refractivity contribution in [1.29, 1.82) is 0 Å². The van der Waals surface area contributed by atoms with Crippen LogP contribution >= 0.6 is 22.9 Å². The summed E-state index contributed by atoms with van der Waals surface area (Å²) in [4.78, 5) is 0. The zero-order valence-corrected chi connectivity index (χ0v) is 7.64. The maximum Gasteiger partial charge on any atom is 0.151 e. The van der Waals surface area contributed by atoms with Crippen LogP contribution in [0.5, 0.6) is 0 Å². The van der Waals surface area contributed by atoms with E-state index in [2.05, 4.69) is 10.2 Å². The summed E-state index contributed by atoms with van der Waals surface area (Å²) in [5.41, 5.74) is 1.95. The second kappa shape index (κ2) is 3.21. The Kier molecular flexibility index (Phi) is 2.06. The monoisotopic (exact) mass is 196 g/mol. The largest absolute Gasteiger partial charge is 0.152 e. The van der Waals surface area contributed by atoms with E-state index >= 15 is 0 Å². The molecule has 2 aromatic heterocycles. The quantitative estimate of drug-likeness (QED) is 0.701. The van der Waals surface area contributed by atoms with E-state index in [1.165, 1.54) is 0 Å². The van der Waals surface area contributed by atoms with E-state index in [1.807, 2.05) is 22.9 Å². The molecule has 0 bridgehead atoms. The molecule has 4 heteroatoms. The third kappa shape index (κ3) is 1.47. The third-order valence-electron chi connectivity index (χ3n) is 1.45. The fourth-order valence-electron chi connectivity index (χ4n) is 0.880. The van der Waals surface area contributed by atoms with Crippen LogP contribution in [-0.4, -0.2) is 10.2 Å². The van der Waals surface area contributed by atoms with Gasteiger partial charge >= 0.3 is 0 Å².